The lowest BCUT2D eigenvalue weighted by molar-refractivity contribution is 0.188. The van der Waals surface area contributed by atoms with E-state index in [0.717, 1.165) is 25.5 Å². The summed E-state index contributed by atoms with van der Waals surface area (Å²) in [7, 11) is -3.15. The maximum absolute atomic E-state index is 11.3. The first-order valence-electron chi connectivity index (χ1n) is 6.67. The largest absolute Gasteiger partial charge is 0.391 e. The number of nitrogens with one attached hydrogen (secondary N) is 2. The van der Waals surface area contributed by atoms with Gasteiger partial charge in [-0.3, -0.25) is 4.99 Å². The SMILES string of the molecule is CCNC(=NCCNS(=O)(=O)CC)N1CC[C@@H](O)C1. The smallest absolute Gasteiger partial charge is 0.211 e. The fourth-order valence-electron chi connectivity index (χ4n) is 1.83. The van der Waals surface area contributed by atoms with Crippen molar-refractivity contribution >= 4 is 16.0 Å². The number of guanidine groups is 1. The van der Waals surface area contributed by atoms with Gasteiger partial charge in [0.05, 0.1) is 18.4 Å². The number of aliphatic hydroxyl groups excluding tert-OH is 1. The monoisotopic (exact) mass is 292 g/mol. The van der Waals surface area contributed by atoms with Crippen molar-refractivity contribution in [1.29, 1.82) is 0 Å². The summed E-state index contributed by atoms with van der Waals surface area (Å²) in [5, 5.41) is 12.7. The van der Waals surface area contributed by atoms with E-state index in [1.165, 1.54) is 0 Å². The van der Waals surface area contributed by atoms with Crippen molar-refractivity contribution in [2.45, 2.75) is 26.4 Å². The number of β-amino-alcohol motifs (C(OH)–C–C–N with tert-alkyl or cyclic N) is 1. The predicted octanol–water partition coefficient (Wildman–Crippen LogP) is -1.04. The average molecular weight is 292 g/mol. The Balaban J connectivity index is 2.45. The number of likely N-dealkylation sites (tertiary alicyclic amines) is 1. The standard InChI is InChI=1S/C11H24N4O3S/c1-3-12-11(15-8-5-10(16)9-15)13-6-7-14-19(17,18)4-2/h10,14,16H,3-9H2,1-2H3,(H,12,13)/t10-/m1/s1. The van der Waals surface area contributed by atoms with Crippen LogP contribution in [0.4, 0.5) is 0 Å². The Labute approximate surface area is 115 Å². The first kappa shape index (κ1) is 16.2. The Morgan fingerprint density at radius 3 is 2.74 bits per heavy atom. The lowest BCUT2D eigenvalue weighted by Crippen LogP contribution is -2.41. The molecule has 1 aliphatic heterocycles. The van der Waals surface area contributed by atoms with Crippen LogP contribution in [0.25, 0.3) is 0 Å². The van der Waals surface area contributed by atoms with E-state index in [-0.39, 0.29) is 11.9 Å². The maximum Gasteiger partial charge on any atom is 0.211 e. The van der Waals surface area contributed by atoms with Crippen LogP contribution < -0.4 is 10.0 Å². The second-order valence-electron chi connectivity index (χ2n) is 4.42. The predicted molar refractivity (Wildman–Crippen MR) is 75.6 cm³/mol. The van der Waals surface area contributed by atoms with Gasteiger partial charge >= 0.3 is 0 Å². The summed E-state index contributed by atoms with van der Waals surface area (Å²) >= 11 is 0. The summed E-state index contributed by atoms with van der Waals surface area (Å²) in [6, 6.07) is 0. The third-order valence-corrected chi connectivity index (χ3v) is 4.28. The zero-order chi connectivity index (χ0) is 14.3. The summed E-state index contributed by atoms with van der Waals surface area (Å²) in [5.41, 5.74) is 0. The van der Waals surface area contributed by atoms with Crippen molar-refractivity contribution in [3.63, 3.8) is 0 Å². The van der Waals surface area contributed by atoms with Crippen molar-refractivity contribution in [3.8, 4) is 0 Å². The van der Waals surface area contributed by atoms with Crippen molar-refractivity contribution in [1.82, 2.24) is 14.9 Å². The van der Waals surface area contributed by atoms with Crippen molar-refractivity contribution in [3.05, 3.63) is 0 Å². The number of aliphatic imine (C=N–C) groups is 1. The van der Waals surface area contributed by atoms with Crippen molar-refractivity contribution in [2.75, 3.05) is 38.5 Å². The zero-order valence-electron chi connectivity index (χ0n) is 11.6. The van der Waals surface area contributed by atoms with E-state index in [0.29, 0.717) is 19.6 Å². The number of nitrogens with zero attached hydrogens (tertiary/aromatic N) is 2. The molecule has 0 aromatic heterocycles. The third-order valence-electron chi connectivity index (χ3n) is 2.87. The molecule has 3 N–H and O–H groups in total. The van der Waals surface area contributed by atoms with Crippen molar-refractivity contribution < 1.29 is 13.5 Å². The van der Waals surface area contributed by atoms with Crippen LogP contribution in [0.3, 0.4) is 0 Å². The average Bonchev–Trinajstić information content (AvgIpc) is 2.80. The van der Waals surface area contributed by atoms with E-state index in [2.05, 4.69) is 15.0 Å². The van der Waals surface area contributed by atoms with Crippen LogP contribution in [0.1, 0.15) is 20.3 Å². The molecule has 8 heteroatoms. The number of aliphatic hydroxyl groups is 1. The molecule has 0 bridgehead atoms. The van der Waals surface area contributed by atoms with Gasteiger partial charge in [-0.2, -0.15) is 0 Å². The van der Waals surface area contributed by atoms with Gasteiger partial charge in [0, 0.05) is 26.2 Å². The van der Waals surface area contributed by atoms with Gasteiger partial charge in [0.2, 0.25) is 10.0 Å². The number of hydrogen-bond donors (Lipinski definition) is 3. The van der Waals surface area contributed by atoms with Crippen LogP contribution in [-0.2, 0) is 10.0 Å². The van der Waals surface area contributed by atoms with E-state index in [1.807, 2.05) is 11.8 Å². The number of hydrogen-bond acceptors (Lipinski definition) is 4. The first-order chi connectivity index (χ1) is 8.98. The second-order valence-corrected chi connectivity index (χ2v) is 6.52. The Hall–Kier alpha value is -0.860. The molecule has 7 nitrogen and oxygen atoms in total. The second kappa shape index (κ2) is 7.66. The van der Waals surface area contributed by atoms with Crippen LogP contribution in [0.2, 0.25) is 0 Å². The molecule has 0 saturated carbocycles. The minimum absolute atomic E-state index is 0.0785. The van der Waals surface area contributed by atoms with E-state index < -0.39 is 10.0 Å². The normalized spacial score (nSPS) is 20.9. The molecule has 0 amide bonds. The third kappa shape index (κ3) is 5.75. The molecular formula is C11H24N4O3S. The van der Waals surface area contributed by atoms with Crippen molar-refractivity contribution in [2.24, 2.45) is 4.99 Å². The summed E-state index contributed by atoms with van der Waals surface area (Å²) in [6.45, 7) is 6.34. The lowest BCUT2D eigenvalue weighted by atomic mass is 10.3. The Morgan fingerprint density at radius 1 is 1.47 bits per heavy atom. The van der Waals surface area contributed by atoms with E-state index in [4.69, 9.17) is 0 Å². The fourth-order valence-corrected chi connectivity index (χ4v) is 2.43. The van der Waals surface area contributed by atoms with Gasteiger partial charge in [-0.25, -0.2) is 13.1 Å². The van der Waals surface area contributed by atoms with Crippen LogP contribution in [0.15, 0.2) is 4.99 Å². The molecule has 1 fully saturated rings. The minimum Gasteiger partial charge on any atom is -0.391 e. The molecule has 1 aliphatic rings. The van der Waals surface area contributed by atoms with E-state index in [9.17, 15) is 13.5 Å². The maximum atomic E-state index is 11.3. The summed E-state index contributed by atoms with van der Waals surface area (Å²) in [5.74, 6) is 0.810. The van der Waals surface area contributed by atoms with Crippen LogP contribution >= 0.6 is 0 Å². The highest BCUT2D eigenvalue weighted by molar-refractivity contribution is 7.89. The molecule has 1 saturated heterocycles. The highest BCUT2D eigenvalue weighted by atomic mass is 32.2. The minimum atomic E-state index is -3.15. The van der Waals surface area contributed by atoms with Gasteiger partial charge in [-0.05, 0) is 20.3 Å². The first-order valence-corrected chi connectivity index (χ1v) is 8.32. The molecule has 19 heavy (non-hydrogen) atoms. The summed E-state index contributed by atoms with van der Waals surface area (Å²) in [6.07, 6.45) is 0.440. The molecule has 0 spiro atoms. The molecule has 112 valence electrons. The van der Waals surface area contributed by atoms with Gasteiger partial charge in [0.1, 0.15) is 0 Å². The highest BCUT2D eigenvalue weighted by Gasteiger charge is 2.22. The molecule has 0 aromatic carbocycles. The molecule has 1 rings (SSSR count). The molecule has 1 heterocycles. The Bertz CT molecular complexity index is 397. The zero-order valence-corrected chi connectivity index (χ0v) is 12.4. The van der Waals surface area contributed by atoms with Gasteiger partial charge in [-0.15, -0.1) is 0 Å². The summed E-state index contributed by atoms with van der Waals surface area (Å²) < 4.78 is 25.0. The Kier molecular flexibility index (Phi) is 6.53. The molecule has 0 aliphatic carbocycles. The Morgan fingerprint density at radius 2 is 2.21 bits per heavy atom. The van der Waals surface area contributed by atoms with E-state index in [1.54, 1.807) is 6.92 Å². The molecule has 0 unspecified atom stereocenters. The molecule has 0 aromatic rings. The van der Waals surface area contributed by atoms with Crippen LogP contribution in [0, 0.1) is 0 Å². The van der Waals surface area contributed by atoms with Gasteiger partial charge in [0.25, 0.3) is 0 Å². The van der Waals surface area contributed by atoms with Crippen LogP contribution in [-0.4, -0.2) is 69.0 Å². The lowest BCUT2D eigenvalue weighted by Gasteiger charge is -2.20. The number of sulfonamides is 1. The fraction of sp³-hybridized carbons (Fsp3) is 0.909. The van der Waals surface area contributed by atoms with E-state index >= 15 is 0 Å². The van der Waals surface area contributed by atoms with Gasteiger partial charge in [0.15, 0.2) is 5.96 Å². The topological polar surface area (TPSA) is 94.0 Å². The van der Waals surface area contributed by atoms with Crippen LogP contribution in [0.5, 0.6) is 0 Å². The number of rotatable bonds is 6. The van der Waals surface area contributed by atoms with Gasteiger partial charge < -0.3 is 15.3 Å². The molecule has 0 radical (unpaired) electrons. The highest BCUT2D eigenvalue weighted by Crippen LogP contribution is 2.08. The quantitative estimate of drug-likeness (QED) is 0.330. The van der Waals surface area contributed by atoms with Gasteiger partial charge in [-0.1, -0.05) is 0 Å². The summed E-state index contributed by atoms with van der Waals surface area (Å²) in [4.78, 5) is 6.35. The molecule has 1 atom stereocenters. The molecular weight excluding hydrogens is 268 g/mol.